The zero-order valence-electron chi connectivity index (χ0n) is 8.36. The van der Waals surface area contributed by atoms with E-state index in [9.17, 15) is 9.90 Å². The Labute approximate surface area is 83.3 Å². The van der Waals surface area contributed by atoms with E-state index >= 15 is 0 Å². The Morgan fingerprint density at radius 2 is 2.14 bits per heavy atom. The van der Waals surface area contributed by atoms with Gasteiger partial charge >= 0.3 is 5.97 Å². The summed E-state index contributed by atoms with van der Waals surface area (Å²) >= 11 is 0. The second-order valence-electron chi connectivity index (χ2n) is 3.14. The topological polar surface area (TPSA) is 46.5 Å². The number of esters is 1. The Hall–Kier alpha value is -1.51. The van der Waals surface area contributed by atoms with Crippen LogP contribution in [-0.2, 0) is 4.74 Å². The van der Waals surface area contributed by atoms with Crippen LogP contribution in [0.25, 0.3) is 0 Å². The van der Waals surface area contributed by atoms with Crippen molar-refractivity contribution >= 4 is 5.97 Å². The molecule has 3 nitrogen and oxygen atoms in total. The summed E-state index contributed by atoms with van der Waals surface area (Å²) in [6, 6.07) is 6.36. The maximum Gasteiger partial charge on any atom is 0.342 e. The predicted octanol–water partition coefficient (Wildman–Crippen LogP) is 2.35. The first-order valence-electron chi connectivity index (χ1n) is 4.64. The summed E-state index contributed by atoms with van der Waals surface area (Å²) in [6.45, 7) is 3.75. The molecule has 1 rings (SSSR count). The van der Waals surface area contributed by atoms with E-state index < -0.39 is 5.97 Å². The number of para-hydroxylation sites is 1. The molecule has 1 N–H and O–H groups in total. The second-order valence-corrected chi connectivity index (χ2v) is 3.14. The van der Waals surface area contributed by atoms with Crippen LogP contribution in [0.2, 0.25) is 0 Å². The third-order valence-corrected chi connectivity index (χ3v) is 2.01. The van der Waals surface area contributed by atoms with Crippen LogP contribution in [0.1, 0.15) is 30.6 Å². The summed E-state index contributed by atoms with van der Waals surface area (Å²) < 4.78 is 5.07. The molecular formula is C11H14O3. The molecule has 14 heavy (non-hydrogen) atoms. The molecule has 1 atom stereocenters. The van der Waals surface area contributed by atoms with Gasteiger partial charge in [0.25, 0.3) is 0 Å². The van der Waals surface area contributed by atoms with Gasteiger partial charge in [0, 0.05) is 0 Å². The summed E-state index contributed by atoms with van der Waals surface area (Å²) in [5.41, 5.74) is 0.216. The van der Waals surface area contributed by atoms with E-state index in [1.807, 2.05) is 13.8 Å². The van der Waals surface area contributed by atoms with E-state index in [1.165, 1.54) is 6.07 Å². The Morgan fingerprint density at radius 3 is 2.71 bits per heavy atom. The normalized spacial score (nSPS) is 12.1. The maximum absolute atomic E-state index is 11.5. The molecule has 0 aliphatic rings. The van der Waals surface area contributed by atoms with Gasteiger partial charge in [0.1, 0.15) is 11.3 Å². The van der Waals surface area contributed by atoms with Crippen molar-refractivity contribution in [3.8, 4) is 5.75 Å². The second kappa shape index (κ2) is 4.65. The molecule has 0 spiro atoms. The number of aromatic hydroxyl groups is 1. The van der Waals surface area contributed by atoms with E-state index in [0.717, 1.165) is 6.42 Å². The molecule has 0 fully saturated rings. The fourth-order valence-electron chi connectivity index (χ4n) is 0.976. The maximum atomic E-state index is 11.5. The molecule has 0 amide bonds. The van der Waals surface area contributed by atoms with E-state index in [4.69, 9.17) is 4.74 Å². The monoisotopic (exact) mass is 194 g/mol. The third-order valence-electron chi connectivity index (χ3n) is 2.01. The highest BCUT2D eigenvalue weighted by Crippen LogP contribution is 2.17. The molecule has 3 heteroatoms. The SMILES string of the molecule is CC[C@@H](C)OC(=O)c1ccccc1O. The summed E-state index contributed by atoms with van der Waals surface area (Å²) in [7, 11) is 0. The molecule has 0 aromatic heterocycles. The van der Waals surface area contributed by atoms with Crippen molar-refractivity contribution in [2.24, 2.45) is 0 Å². The smallest absolute Gasteiger partial charge is 0.342 e. The molecule has 0 saturated heterocycles. The molecule has 0 saturated carbocycles. The van der Waals surface area contributed by atoms with Crippen LogP contribution in [0.3, 0.4) is 0 Å². The van der Waals surface area contributed by atoms with Crippen LogP contribution in [0.4, 0.5) is 0 Å². The fourth-order valence-corrected chi connectivity index (χ4v) is 0.976. The first kappa shape index (κ1) is 10.6. The summed E-state index contributed by atoms with van der Waals surface area (Å²) in [6.07, 6.45) is 0.640. The lowest BCUT2D eigenvalue weighted by molar-refractivity contribution is 0.0331. The van der Waals surface area contributed by atoms with Crippen LogP contribution >= 0.6 is 0 Å². The first-order valence-corrected chi connectivity index (χ1v) is 4.64. The third kappa shape index (κ3) is 2.49. The fraction of sp³-hybridized carbons (Fsp3) is 0.364. The van der Waals surface area contributed by atoms with Crippen LogP contribution in [0.5, 0.6) is 5.75 Å². The lowest BCUT2D eigenvalue weighted by Gasteiger charge is -2.11. The van der Waals surface area contributed by atoms with Crippen molar-refractivity contribution in [3.05, 3.63) is 29.8 Å². The zero-order valence-corrected chi connectivity index (χ0v) is 8.36. The van der Waals surface area contributed by atoms with Gasteiger partial charge in [0.15, 0.2) is 0 Å². The van der Waals surface area contributed by atoms with Gasteiger partial charge in [-0.25, -0.2) is 4.79 Å². The Bertz CT molecular complexity index is 320. The van der Waals surface area contributed by atoms with Crippen LogP contribution in [0, 0.1) is 0 Å². The molecule has 0 aliphatic heterocycles. The largest absolute Gasteiger partial charge is 0.507 e. The molecule has 1 aromatic carbocycles. The highest BCUT2D eigenvalue weighted by atomic mass is 16.5. The van der Waals surface area contributed by atoms with Gasteiger partial charge in [-0.05, 0) is 25.5 Å². The summed E-state index contributed by atoms with van der Waals surface area (Å²) in [5.74, 6) is -0.516. The molecule has 0 unspecified atom stereocenters. The lowest BCUT2D eigenvalue weighted by Crippen LogP contribution is -2.13. The van der Waals surface area contributed by atoms with Crippen molar-refractivity contribution in [1.82, 2.24) is 0 Å². The minimum Gasteiger partial charge on any atom is -0.507 e. The molecule has 1 aromatic rings. The molecule has 76 valence electrons. The van der Waals surface area contributed by atoms with Crippen molar-refractivity contribution in [3.63, 3.8) is 0 Å². The minimum atomic E-state index is -0.475. The van der Waals surface area contributed by atoms with E-state index in [0.29, 0.717) is 0 Å². The van der Waals surface area contributed by atoms with Gasteiger partial charge in [-0.2, -0.15) is 0 Å². The summed E-state index contributed by atoms with van der Waals surface area (Å²) in [4.78, 5) is 11.5. The number of phenols is 1. The number of benzene rings is 1. The van der Waals surface area contributed by atoms with E-state index in [1.54, 1.807) is 18.2 Å². The van der Waals surface area contributed by atoms with Crippen LogP contribution in [0.15, 0.2) is 24.3 Å². The molecule has 0 heterocycles. The van der Waals surface area contributed by atoms with Crippen molar-refractivity contribution in [2.75, 3.05) is 0 Å². The Morgan fingerprint density at radius 1 is 1.50 bits per heavy atom. The molecule has 0 radical (unpaired) electrons. The summed E-state index contributed by atoms with van der Waals surface area (Å²) in [5, 5.41) is 9.37. The number of carbonyl (C=O) groups is 1. The van der Waals surface area contributed by atoms with E-state index in [2.05, 4.69) is 0 Å². The van der Waals surface area contributed by atoms with Gasteiger partial charge in [0.05, 0.1) is 6.10 Å². The molecule has 0 bridgehead atoms. The number of phenolic OH excluding ortho intramolecular Hbond substituents is 1. The van der Waals surface area contributed by atoms with Gasteiger partial charge in [-0.1, -0.05) is 19.1 Å². The van der Waals surface area contributed by atoms with Crippen molar-refractivity contribution < 1.29 is 14.6 Å². The van der Waals surface area contributed by atoms with Crippen LogP contribution < -0.4 is 0 Å². The highest BCUT2D eigenvalue weighted by molar-refractivity contribution is 5.92. The van der Waals surface area contributed by atoms with Gasteiger partial charge in [-0.15, -0.1) is 0 Å². The van der Waals surface area contributed by atoms with Crippen molar-refractivity contribution in [1.29, 1.82) is 0 Å². The zero-order chi connectivity index (χ0) is 10.6. The van der Waals surface area contributed by atoms with E-state index in [-0.39, 0.29) is 17.4 Å². The Balaban J connectivity index is 2.75. The average Bonchev–Trinajstić information content (AvgIpc) is 2.18. The van der Waals surface area contributed by atoms with Crippen molar-refractivity contribution in [2.45, 2.75) is 26.4 Å². The lowest BCUT2D eigenvalue weighted by atomic mass is 10.2. The van der Waals surface area contributed by atoms with Gasteiger partial charge in [0.2, 0.25) is 0 Å². The first-order chi connectivity index (χ1) is 6.65. The number of rotatable bonds is 3. The molecular weight excluding hydrogens is 180 g/mol. The van der Waals surface area contributed by atoms with Crippen LogP contribution in [-0.4, -0.2) is 17.2 Å². The number of ether oxygens (including phenoxy) is 1. The molecule has 0 aliphatic carbocycles. The van der Waals surface area contributed by atoms with Gasteiger partial charge < -0.3 is 9.84 Å². The van der Waals surface area contributed by atoms with Gasteiger partial charge in [-0.3, -0.25) is 0 Å². The highest BCUT2D eigenvalue weighted by Gasteiger charge is 2.13. The number of hydrogen-bond donors (Lipinski definition) is 1. The number of carbonyl (C=O) groups excluding carboxylic acids is 1. The average molecular weight is 194 g/mol. The Kier molecular flexibility index (Phi) is 3.51. The minimum absolute atomic E-state index is 0.0409. The predicted molar refractivity (Wildman–Crippen MR) is 53.3 cm³/mol. The standard InChI is InChI=1S/C11H14O3/c1-3-8(2)14-11(13)9-6-4-5-7-10(9)12/h4-8,12H,3H2,1-2H3/t8-/m1/s1. The number of hydrogen-bond acceptors (Lipinski definition) is 3. The quantitative estimate of drug-likeness (QED) is 0.751.